The molecule has 0 aromatic heterocycles. The summed E-state index contributed by atoms with van der Waals surface area (Å²) in [6.45, 7) is 1.62. The van der Waals surface area contributed by atoms with Crippen LogP contribution in [0.5, 0.6) is 0 Å². The number of rotatable bonds is 4. The average Bonchev–Trinajstić information content (AvgIpc) is 2.21. The zero-order valence-corrected chi connectivity index (χ0v) is 9.85. The molecule has 7 heteroatoms. The van der Waals surface area contributed by atoms with Gasteiger partial charge in [-0.1, -0.05) is 13.0 Å². The van der Waals surface area contributed by atoms with E-state index in [1.807, 2.05) is 0 Å². The number of sulfonamides is 1. The Hall–Kier alpha value is -1.50. The third kappa shape index (κ3) is 3.48. The Labute approximate surface area is 97.7 Å². The maximum absolute atomic E-state index is 13.2. The Kier molecular flexibility index (Phi) is 4.17. The van der Waals surface area contributed by atoms with E-state index in [9.17, 15) is 22.0 Å². The molecular formula is C10H11F2NO3S. The highest BCUT2D eigenvalue weighted by molar-refractivity contribution is 7.90. The first kappa shape index (κ1) is 13.6. The van der Waals surface area contributed by atoms with Crippen molar-refractivity contribution in [1.82, 2.24) is 4.72 Å². The smallest absolute Gasteiger partial charge is 0.267 e. The van der Waals surface area contributed by atoms with E-state index in [4.69, 9.17) is 0 Å². The van der Waals surface area contributed by atoms with E-state index >= 15 is 0 Å². The molecule has 0 saturated carbocycles. The minimum Gasteiger partial charge on any atom is -0.268 e. The van der Waals surface area contributed by atoms with Gasteiger partial charge in [0.1, 0.15) is 0 Å². The summed E-state index contributed by atoms with van der Waals surface area (Å²) in [7, 11) is -3.80. The van der Waals surface area contributed by atoms with Gasteiger partial charge in [0.2, 0.25) is 10.0 Å². The van der Waals surface area contributed by atoms with E-state index in [1.54, 1.807) is 11.6 Å². The molecule has 17 heavy (non-hydrogen) atoms. The maximum atomic E-state index is 13.2. The van der Waals surface area contributed by atoms with Crippen molar-refractivity contribution in [3.8, 4) is 0 Å². The Bertz CT molecular complexity index is 528. The van der Waals surface area contributed by atoms with Crippen molar-refractivity contribution >= 4 is 15.9 Å². The molecule has 0 aliphatic heterocycles. The van der Waals surface area contributed by atoms with Crippen molar-refractivity contribution in [2.45, 2.75) is 13.3 Å². The Morgan fingerprint density at radius 1 is 1.35 bits per heavy atom. The molecule has 0 atom stereocenters. The maximum Gasteiger partial charge on any atom is 0.267 e. The van der Waals surface area contributed by atoms with Gasteiger partial charge in [-0.15, -0.1) is 0 Å². The summed E-state index contributed by atoms with van der Waals surface area (Å²) in [4.78, 5) is 11.4. The third-order valence-corrected chi connectivity index (χ3v) is 3.36. The zero-order chi connectivity index (χ0) is 13.1. The summed E-state index contributed by atoms with van der Waals surface area (Å²) < 4.78 is 50.2. The Morgan fingerprint density at radius 3 is 2.59 bits per heavy atom. The van der Waals surface area contributed by atoms with Crippen LogP contribution in [0.3, 0.4) is 0 Å². The van der Waals surface area contributed by atoms with Gasteiger partial charge in [0, 0.05) is 0 Å². The lowest BCUT2D eigenvalue weighted by molar-refractivity contribution is 0.0976. The zero-order valence-electron chi connectivity index (χ0n) is 9.04. The van der Waals surface area contributed by atoms with E-state index in [0.717, 1.165) is 18.2 Å². The van der Waals surface area contributed by atoms with Crippen molar-refractivity contribution in [1.29, 1.82) is 0 Å². The molecule has 1 amide bonds. The normalized spacial score (nSPS) is 11.2. The molecule has 94 valence electrons. The highest BCUT2D eigenvalue weighted by Gasteiger charge is 2.19. The molecule has 1 aromatic carbocycles. The summed E-state index contributed by atoms with van der Waals surface area (Å²) in [5.41, 5.74) is -0.635. The number of carbonyl (C=O) groups is 1. The number of hydrogen-bond acceptors (Lipinski definition) is 3. The van der Waals surface area contributed by atoms with Crippen LogP contribution in [-0.2, 0) is 10.0 Å². The molecule has 4 nitrogen and oxygen atoms in total. The molecule has 0 radical (unpaired) electrons. The Balaban J connectivity index is 2.95. The fraction of sp³-hybridized carbons (Fsp3) is 0.300. The second kappa shape index (κ2) is 5.22. The van der Waals surface area contributed by atoms with Crippen LogP contribution in [0.4, 0.5) is 8.78 Å². The standard InChI is InChI=1S/C10H11F2NO3S/c1-2-6-17(15,16)13-10(14)7-4-3-5-8(11)9(7)12/h3-5H,2,6H2,1H3,(H,13,14). The number of carbonyl (C=O) groups excluding carboxylic acids is 1. The van der Waals surface area contributed by atoms with E-state index in [-0.39, 0.29) is 5.75 Å². The van der Waals surface area contributed by atoms with E-state index in [2.05, 4.69) is 0 Å². The lowest BCUT2D eigenvalue weighted by Crippen LogP contribution is -2.33. The van der Waals surface area contributed by atoms with Crippen LogP contribution in [0.1, 0.15) is 23.7 Å². The SMILES string of the molecule is CCCS(=O)(=O)NC(=O)c1cccc(F)c1F. The van der Waals surface area contributed by atoms with Crippen LogP contribution in [0, 0.1) is 11.6 Å². The van der Waals surface area contributed by atoms with E-state index in [0.29, 0.717) is 6.42 Å². The van der Waals surface area contributed by atoms with Crippen LogP contribution < -0.4 is 4.72 Å². The fourth-order valence-corrected chi connectivity index (χ4v) is 2.23. The summed E-state index contributed by atoms with van der Waals surface area (Å²) in [5.74, 6) is -3.99. The first-order valence-electron chi connectivity index (χ1n) is 4.86. The van der Waals surface area contributed by atoms with E-state index < -0.39 is 33.1 Å². The highest BCUT2D eigenvalue weighted by atomic mass is 32.2. The van der Waals surface area contributed by atoms with Crippen LogP contribution in [0.15, 0.2) is 18.2 Å². The van der Waals surface area contributed by atoms with Gasteiger partial charge >= 0.3 is 0 Å². The minimum atomic E-state index is -3.80. The van der Waals surface area contributed by atoms with Crippen LogP contribution >= 0.6 is 0 Å². The van der Waals surface area contributed by atoms with Gasteiger partial charge < -0.3 is 0 Å². The van der Waals surface area contributed by atoms with Crippen molar-refractivity contribution < 1.29 is 22.0 Å². The van der Waals surface area contributed by atoms with E-state index in [1.165, 1.54) is 0 Å². The molecule has 0 aliphatic carbocycles. The van der Waals surface area contributed by atoms with Gasteiger partial charge in [-0.25, -0.2) is 21.9 Å². The first-order chi connectivity index (χ1) is 7.87. The van der Waals surface area contributed by atoms with Crippen LogP contribution in [-0.4, -0.2) is 20.1 Å². The lowest BCUT2D eigenvalue weighted by atomic mass is 10.2. The summed E-state index contributed by atoms with van der Waals surface area (Å²) in [5, 5.41) is 0. The summed E-state index contributed by atoms with van der Waals surface area (Å²) in [6, 6.07) is 2.97. The second-order valence-corrected chi connectivity index (χ2v) is 5.19. The molecule has 0 aliphatic rings. The van der Waals surface area contributed by atoms with Gasteiger partial charge in [-0.05, 0) is 18.6 Å². The number of nitrogens with one attached hydrogen (secondary N) is 1. The molecular weight excluding hydrogens is 252 g/mol. The second-order valence-electron chi connectivity index (χ2n) is 3.35. The molecule has 0 bridgehead atoms. The first-order valence-corrected chi connectivity index (χ1v) is 6.51. The third-order valence-electron chi connectivity index (χ3n) is 1.92. The van der Waals surface area contributed by atoms with Gasteiger partial charge in [0.25, 0.3) is 5.91 Å². The largest absolute Gasteiger partial charge is 0.268 e. The molecule has 0 unspecified atom stereocenters. The predicted octanol–water partition coefficient (Wildman–Crippen LogP) is 1.43. The van der Waals surface area contributed by atoms with Gasteiger partial charge in [-0.2, -0.15) is 0 Å². The van der Waals surface area contributed by atoms with Gasteiger partial charge in [0.05, 0.1) is 11.3 Å². The quantitative estimate of drug-likeness (QED) is 0.894. The number of amides is 1. The van der Waals surface area contributed by atoms with Crippen molar-refractivity contribution in [3.05, 3.63) is 35.4 Å². The minimum absolute atomic E-state index is 0.254. The molecule has 0 spiro atoms. The molecule has 0 fully saturated rings. The Morgan fingerprint density at radius 2 is 2.00 bits per heavy atom. The molecule has 0 heterocycles. The lowest BCUT2D eigenvalue weighted by Gasteiger charge is -2.06. The van der Waals surface area contributed by atoms with Gasteiger partial charge in [0.15, 0.2) is 11.6 Å². The molecule has 1 N–H and O–H groups in total. The molecule has 0 saturated heterocycles. The average molecular weight is 263 g/mol. The molecule has 1 aromatic rings. The van der Waals surface area contributed by atoms with Crippen LogP contribution in [0.2, 0.25) is 0 Å². The topological polar surface area (TPSA) is 63.2 Å². The summed E-state index contributed by atoms with van der Waals surface area (Å²) >= 11 is 0. The van der Waals surface area contributed by atoms with Crippen molar-refractivity contribution in [2.75, 3.05) is 5.75 Å². The number of halogens is 2. The van der Waals surface area contributed by atoms with Crippen LogP contribution in [0.25, 0.3) is 0 Å². The monoisotopic (exact) mass is 263 g/mol. The summed E-state index contributed by atoms with van der Waals surface area (Å²) in [6.07, 6.45) is 0.314. The van der Waals surface area contributed by atoms with Crippen molar-refractivity contribution in [3.63, 3.8) is 0 Å². The fourth-order valence-electron chi connectivity index (χ4n) is 1.20. The number of hydrogen-bond donors (Lipinski definition) is 1. The number of benzene rings is 1. The van der Waals surface area contributed by atoms with Crippen molar-refractivity contribution in [2.24, 2.45) is 0 Å². The van der Waals surface area contributed by atoms with Gasteiger partial charge in [-0.3, -0.25) is 4.79 Å². The molecule has 1 rings (SSSR count). The highest BCUT2D eigenvalue weighted by Crippen LogP contribution is 2.11. The predicted molar refractivity (Wildman–Crippen MR) is 57.9 cm³/mol.